The van der Waals surface area contributed by atoms with Crippen molar-refractivity contribution >= 4 is 27.6 Å². The maximum atomic E-state index is 13.8. The molecule has 0 saturated heterocycles. The summed E-state index contributed by atoms with van der Waals surface area (Å²) in [5.74, 6) is -0.681. The standard InChI is InChI=1S/C13H14BrF2N3O/c1-8(7-20-2)19-4-3-17-13(19)18-12-6-10(15)9(14)5-11(12)16/h3-6,8H,7H2,1-2H3,(H,17,18). The molecule has 0 amide bonds. The monoisotopic (exact) mass is 345 g/mol. The van der Waals surface area contributed by atoms with Crippen molar-refractivity contribution in [3.63, 3.8) is 0 Å². The number of halogens is 3. The predicted molar refractivity (Wildman–Crippen MR) is 76.2 cm³/mol. The molecule has 20 heavy (non-hydrogen) atoms. The van der Waals surface area contributed by atoms with Crippen LogP contribution in [0.2, 0.25) is 0 Å². The van der Waals surface area contributed by atoms with Gasteiger partial charge in [0.25, 0.3) is 0 Å². The van der Waals surface area contributed by atoms with Gasteiger partial charge in [-0.25, -0.2) is 13.8 Å². The molecule has 1 N–H and O–H groups in total. The van der Waals surface area contributed by atoms with E-state index in [1.165, 1.54) is 0 Å². The number of benzene rings is 1. The molecule has 0 spiro atoms. The fraction of sp³-hybridized carbons (Fsp3) is 0.308. The molecule has 1 aromatic carbocycles. The number of imidazole rings is 1. The number of nitrogens with zero attached hydrogens (tertiary/aromatic N) is 2. The topological polar surface area (TPSA) is 39.1 Å². The molecule has 0 aliphatic heterocycles. The summed E-state index contributed by atoms with van der Waals surface area (Å²) in [6.07, 6.45) is 3.33. The van der Waals surface area contributed by atoms with Crippen LogP contribution in [-0.2, 0) is 4.74 Å². The van der Waals surface area contributed by atoms with Crippen molar-refractivity contribution in [2.24, 2.45) is 0 Å². The van der Waals surface area contributed by atoms with Crippen molar-refractivity contribution in [2.45, 2.75) is 13.0 Å². The van der Waals surface area contributed by atoms with Crippen LogP contribution in [0.3, 0.4) is 0 Å². The summed E-state index contributed by atoms with van der Waals surface area (Å²) >= 11 is 2.94. The van der Waals surface area contributed by atoms with E-state index in [4.69, 9.17) is 4.74 Å². The lowest BCUT2D eigenvalue weighted by Gasteiger charge is -2.16. The number of nitrogens with one attached hydrogen (secondary N) is 1. The largest absolute Gasteiger partial charge is 0.383 e. The van der Waals surface area contributed by atoms with Gasteiger partial charge >= 0.3 is 0 Å². The molecule has 0 radical (unpaired) electrons. The van der Waals surface area contributed by atoms with Crippen LogP contribution in [0.5, 0.6) is 0 Å². The molecule has 7 heteroatoms. The molecule has 0 fully saturated rings. The lowest BCUT2D eigenvalue weighted by Crippen LogP contribution is -2.13. The summed E-state index contributed by atoms with van der Waals surface area (Å²) in [5.41, 5.74) is 0.0303. The van der Waals surface area contributed by atoms with E-state index in [9.17, 15) is 8.78 Å². The molecule has 1 heterocycles. The SMILES string of the molecule is COCC(C)n1ccnc1Nc1cc(F)c(Br)cc1F. The molecule has 0 saturated carbocycles. The van der Waals surface area contributed by atoms with E-state index in [-0.39, 0.29) is 16.2 Å². The average molecular weight is 346 g/mol. The Bertz CT molecular complexity index is 603. The Hall–Kier alpha value is -1.47. The summed E-state index contributed by atoms with van der Waals surface area (Å²) in [6, 6.07) is 2.18. The minimum absolute atomic E-state index is 0.0216. The number of methoxy groups -OCH3 is 1. The molecular formula is C13H14BrF2N3O. The molecule has 0 aliphatic carbocycles. The maximum Gasteiger partial charge on any atom is 0.207 e. The van der Waals surface area contributed by atoms with Crippen LogP contribution < -0.4 is 5.32 Å². The van der Waals surface area contributed by atoms with E-state index in [1.807, 2.05) is 6.92 Å². The van der Waals surface area contributed by atoms with Gasteiger partial charge in [0.1, 0.15) is 11.6 Å². The van der Waals surface area contributed by atoms with Gasteiger partial charge in [-0.3, -0.25) is 0 Å². The first-order valence-corrected chi connectivity index (χ1v) is 6.75. The van der Waals surface area contributed by atoms with Gasteiger partial charge in [0.05, 0.1) is 22.8 Å². The zero-order valence-corrected chi connectivity index (χ0v) is 12.6. The number of ether oxygens (including phenoxy) is 1. The Kier molecular flexibility index (Phi) is 4.72. The zero-order chi connectivity index (χ0) is 14.7. The van der Waals surface area contributed by atoms with Crippen LogP contribution in [0.25, 0.3) is 0 Å². The zero-order valence-electron chi connectivity index (χ0n) is 11.0. The normalized spacial score (nSPS) is 12.4. The first kappa shape index (κ1) is 14.9. The second-order valence-corrected chi connectivity index (χ2v) is 5.19. The number of hydrogen-bond acceptors (Lipinski definition) is 3. The summed E-state index contributed by atoms with van der Waals surface area (Å²) in [6.45, 7) is 2.43. The minimum Gasteiger partial charge on any atom is -0.383 e. The number of hydrogen-bond donors (Lipinski definition) is 1. The Morgan fingerprint density at radius 2 is 2.15 bits per heavy atom. The second kappa shape index (κ2) is 6.32. The smallest absolute Gasteiger partial charge is 0.207 e. The van der Waals surface area contributed by atoms with E-state index in [0.29, 0.717) is 12.6 Å². The van der Waals surface area contributed by atoms with Crippen molar-refractivity contribution in [3.8, 4) is 0 Å². The van der Waals surface area contributed by atoms with Gasteiger partial charge in [-0.2, -0.15) is 0 Å². The minimum atomic E-state index is -0.563. The van der Waals surface area contributed by atoms with Gasteiger partial charge in [0.2, 0.25) is 5.95 Å². The highest BCUT2D eigenvalue weighted by Gasteiger charge is 2.13. The molecule has 1 unspecified atom stereocenters. The highest BCUT2D eigenvalue weighted by atomic mass is 79.9. The molecule has 108 valence electrons. The third-order valence-electron chi connectivity index (χ3n) is 2.81. The van der Waals surface area contributed by atoms with E-state index in [2.05, 4.69) is 26.2 Å². The van der Waals surface area contributed by atoms with Gasteiger partial charge in [0, 0.05) is 25.6 Å². The van der Waals surface area contributed by atoms with Crippen LogP contribution in [0.15, 0.2) is 29.0 Å². The lowest BCUT2D eigenvalue weighted by molar-refractivity contribution is 0.163. The number of anilines is 2. The van der Waals surface area contributed by atoms with Crippen molar-refractivity contribution in [3.05, 3.63) is 40.6 Å². The van der Waals surface area contributed by atoms with E-state index in [0.717, 1.165) is 12.1 Å². The van der Waals surface area contributed by atoms with Crippen LogP contribution >= 0.6 is 15.9 Å². The van der Waals surface area contributed by atoms with Gasteiger partial charge in [-0.05, 0) is 28.9 Å². The number of aromatic nitrogens is 2. The highest BCUT2D eigenvalue weighted by Crippen LogP contribution is 2.26. The van der Waals surface area contributed by atoms with E-state index in [1.54, 1.807) is 24.1 Å². The first-order valence-electron chi connectivity index (χ1n) is 5.96. The van der Waals surface area contributed by atoms with Crippen LogP contribution in [0.1, 0.15) is 13.0 Å². The Balaban J connectivity index is 2.27. The highest BCUT2D eigenvalue weighted by molar-refractivity contribution is 9.10. The van der Waals surface area contributed by atoms with Crippen LogP contribution in [0.4, 0.5) is 20.4 Å². The van der Waals surface area contributed by atoms with E-state index < -0.39 is 11.6 Å². The summed E-state index contributed by atoms with van der Waals surface area (Å²) in [4.78, 5) is 4.10. The van der Waals surface area contributed by atoms with Gasteiger partial charge in [-0.15, -0.1) is 0 Å². The fourth-order valence-corrected chi connectivity index (χ4v) is 2.14. The molecule has 2 rings (SSSR count). The second-order valence-electron chi connectivity index (χ2n) is 4.33. The third kappa shape index (κ3) is 3.16. The molecule has 1 aromatic heterocycles. The van der Waals surface area contributed by atoms with Crippen LogP contribution in [0, 0.1) is 11.6 Å². The Morgan fingerprint density at radius 1 is 1.40 bits per heavy atom. The van der Waals surface area contributed by atoms with E-state index >= 15 is 0 Å². The molecular weight excluding hydrogens is 332 g/mol. The summed E-state index contributed by atoms with van der Waals surface area (Å²) in [7, 11) is 1.60. The predicted octanol–water partition coefficient (Wildman–Crippen LogP) is 3.87. The third-order valence-corrected chi connectivity index (χ3v) is 3.42. The van der Waals surface area contributed by atoms with Crippen molar-refractivity contribution in [1.29, 1.82) is 0 Å². The molecule has 2 aromatic rings. The molecule has 4 nitrogen and oxygen atoms in total. The van der Waals surface area contributed by atoms with Crippen LogP contribution in [-0.4, -0.2) is 23.3 Å². The van der Waals surface area contributed by atoms with Crippen molar-refractivity contribution in [2.75, 3.05) is 19.0 Å². The molecule has 1 atom stereocenters. The molecule has 0 aliphatic rings. The Labute approximate surface area is 123 Å². The average Bonchev–Trinajstić information content (AvgIpc) is 2.84. The first-order chi connectivity index (χ1) is 9.52. The van der Waals surface area contributed by atoms with Crippen molar-refractivity contribution < 1.29 is 13.5 Å². The summed E-state index contributed by atoms with van der Waals surface area (Å²) < 4.78 is 34.2. The fourth-order valence-electron chi connectivity index (χ4n) is 1.83. The maximum absolute atomic E-state index is 13.8. The molecule has 0 bridgehead atoms. The lowest BCUT2D eigenvalue weighted by atomic mass is 10.3. The van der Waals surface area contributed by atoms with Crippen molar-refractivity contribution in [1.82, 2.24) is 9.55 Å². The van der Waals surface area contributed by atoms with Gasteiger partial charge in [-0.1, -0.05) is 0 Å². The summed E-state index contributed by atoms with van der Waals surface area (Å²) in [5, 5.41) is 2.79. The van der Waals surface area contributed by atoms with Gasteiger partial charge < -0.3 is 14.6 Å². The number of rotatable bonds is 5. The van der Waals surface area contributed by atoms with Gasteiger partial charge in [0.15, 0.2) is 0 Å². The quantitative estimate of drug-likeness (QED) is 0.836. The Morgan fingerprint density at radius 3 is 2.85 bits per heavy atom.